The summed E-state index contributed by atoms with van der Waals surface area (Å²) in [6.07, 6.45) is -1.46. The Morgan fingerprint density at radius 1 is 0.857 bits per heavy atom. The van der Waals surface area contributed by atoms with Crippen molar-refractivity contribution in [2.75, 3.05) is 7.11 Å². The standard InChI is InChI=1S/C28H30N2O5/c1-18-14-15-20(16-19(18)2)17-23(28(34)35-3)29-27(33)25(31)24(21-10-6-4-7-11-21)30-26(32)22-12-8-5-9-13-22/h4-16,23-25,31H,17H2,1-3H3,(H,29,33)(H,30,32)/t23-,24-,25+/m0/s1. The molecular formula is C28H30N2O5. The Kier molecular flexibility index (Phi) is 8.75. The fourth-order valence-electron chi connectivity index (χ4n) is 3.73. The molecule has 7 heteroatoms. The van der Waals surface area contributed by atoms with Crippen LogP contribution >= 0.6 is 0 Å². The van der Waals surface area contributed by atoms with Crippen LogP contribution in [0.3, 0.4) is 0 Å². The highest BCUT2D eigenvalue weighted by atomic mass is 16.5. The molecule has 0 bridgehead atoms. The summed E-state index contributed by atoms with van der Waals surface area (Å²) in [6, 6.07) is 21.0. The van der Waals surface area contributed by atoms with E-state index in [1.54, 1.807) is 60.7 Å². The number of ether oxygens (including phenoxy) is 1. The van der Waals surface area contributed by atoms with Crippen molar-refractivity contribution in [3.63, 3.8) is 0 Å². The first-order chi connectivity index (χ1) is 16.8. The molecule has 3 aromatic carbocycles. The van der Waals surface area contributed by atoms with Crippen molar-refractivity contribution in [3.8, 4) is 0 Å². The van der Waals surface area contributed by atoms with E-state index in [4.69, 9.17) is 4.74 Å². The monoisotopic (exact) mass is 474 g/mol. The van der Waals surface area contributed by atoms with Crippen molar-refractivity contribution in [2.24, 2.45) is 0 Å². The van der Waals surface area contributed by atoms with E-state index in [-0.39, 0.29) is 6.42 Å². The number of amides is 2. The van der Waals surface area contributed by atoms with Gasteiger partial charge >= 0.3 is 5.97 Å². The van der Waals surface area contributed by atoms with Crippen molar-refractivity contribution in [2.45, 2.75) is 38.5 Å². The summed E-state index contributed by atoms with van der Waals surface area (Å²) in [4.78, 5) is 38.3. The Bertz CT molecular complexity index is 1160. The molecule has 2 amide bonds. The highest BCUT2D eigenvalue weighted by molar-refractivity contribution is 5.95. The Morgan fingerprint density at radius 3 is 2.09 bits per heavy atom. The average Bonchev–Trinajstić information content (AvgIpc) is 2.88. The first-order valence-electron chi connectivity index (χ1n) is 11.3. The maximum Gasteiger partial charge on any atom is 0.328 e. The highest BCUT2D eigenvalue weighted by Crippen LogP contribution is 2.19. The summed E-state index contributed by atoms with van der Waals surface area (Å²) in [7, 11) is 1.24. The molecule has 0 radical (unpaired) electrons. The summed E-state index contributed by atoms with van der Waals surface area (Å²) in [6.45, 7) is 3.96. The SMILES string of the molecule is COC(=O)[C@H](Cc1ccc(C)c(C)c1)NC(=O)[C@H](O)[C@@H](NC(=O)c1ccccc1)c1ccccc1. The number of hydrogen-bond acceptors (Lipinski definition) is 5. The van der Waals surface area contributed by atoms with E-state index in [0.717, 1.165) is 16.7 Å². The summed E-state index contributed by atoms with van der Waals surface area (Å²) < 4.78 is 4.88. The predicted molar refractivity (Wildman–Crippen MR) is 133 cm³/mol. The maximum absolute atomic E-state index is 13.1. The number of hydrogen-bond donors (Lipinski definition) is 3. The number of nitrogens with one attached hydrogen (secondary N) is 2. The van der Waals surface area contributed by atoms with Crippen LogP contribution in [-0.2, 0) is 20.7 Å². The molecule has 3 atom stereocenters. The molecule has 0 fully saturated rings. The van der Waals surface area contributed by atoms with Crippen LogP contribution in [-0.4, -0.2) is 42.1 Å². The van der Waals surface area contributed by atoms with E-state index in [2.05, 4.69) is 10.6 Å². The number of rotatable bonds is 9. The molecule has 0 aliphatic heterocycles. The Labute approximate surface area is 205 Å². The van der Waals surface area contributed by atoms with E-state index in [1.165, 1.54) is 7.11 Å². The molecule has 7 nitrogen and oxygen atoms in total. The van der Waals surface area contributed by atoms with Gasteiger partial charge in [0.25, 0.3) is 11.8 Å². The third-order valence-corrected chi connectivity index (χ3v) is 5.88. The van der Waals surface area contributed by atoms with Crippen LogP contribution in [0, 0.1) is 13.8 Å². The second-order valence-electron chi connectivity index (χ2n) is 8.38. The number of benzene rings is 3. The van der Waals surface area contributed by atoms with Crippen molar-refractivity contribution >= 4 is 17.8 Å². The number of aryl methyl sites for hydroxylation is 2. The minimum atomic E-state index is -1.66. The first-order valence-corrected chi connectivity index (χ1v) is 11.3. The van der Waals surface area contributed by atoms with Gasteiger partial charge in [0.2, 0.25) is 0 Å². The normalized spacial score (nSPS) is 13.3. The minimum absolute atomic E-state index is 0.193. The average molecular weight is 475 g/mol. The van der Waals surface area contributed by atoms with Crippen molar-refractivity contribution in [1.82, 2.24) is 10.6 Å². The lowest BCUT2D eigenvalue weighted by molar-refractivity contribution is -0.146. The van der Waals surface area contributed by atoms with Crippen LogP contribution in [0.2, 0.25) is 0 Å². The third-order valence-electron chi connectivity index (χ3n) is 5.88. The van der Waals surface area contributed by atoms with Crippen LogP contribution in [0.25, 0.3) is 0 Å². The van der Waals surface area contributed by atoms with Crippen LogP contribution in [0.15, 0.2) is 78.9 Å². The Morgan fingerprint density at radius 2 is 1.49 bits per heavy atom. The van der Waals surface area contributed by atoms with Gasteiger partial charge in [-0.1, -0.05) is 66.7 Å². The van der Waals surface area contributed by atoms with Crippen LogP contribution < -0.4 is 10.6 Å². The lowest BCUT2D eigenvalue weighted by atomic mass is 9.98. The molecule has 0 aromatic heterocycles. The number of methoxy groups -OCH3 is 1. The summed E-state index contributed by atoms with van der Waals surface area (Å²) >= 11 is 0. The largest absolute Gasteiger partial charge is 0.467 e. The maximum atomic E-state index is 13.1. The van der Waals surface area contributed by atoms with Crippen LogP contribution in [0.1, 0.15) is 38.7 Å². The summed E-state index contributed by atoms with van der Waals surface area (Å²) in [5, 5.41) is 16.3. The molecule has 0 saturated heterocycles. The second-order valence-corrected chi connectivity index (χ2v) is 8.38. The number of carbonyl (C=O) groups excluding carboxylic acids is 3. The van der Waals surface area contributed by atoms with Gasteiger partial charge in [0.1, 0.15) is 6.04 Å². The third kappa shape index (κ3) is 6.77. The van der Waals surface area contributed by atoms with Gasteiger partial charge in [-0.15, -0.1) is 0 Å². The number of esters is 1. The van der Waals surface area contributed by atoms with Gasteiger partial charge in [-0.25, -0.2) is 4.79 Å². The van der Waals surface area contributed by atoms with Gasteiger partial charge in [-0.2, -0.15) is 0 Å². The van der Waals surface area contributed by atoms with Gasteiger partial charge < -0.3 is 20.5 Å². The first kappa shape index (κ1) is 25.6. The molecule has 0 aliphatic carbocycles. The van der Waals surface area contributed by atoms with Gasteiger partial charge in [0, 0.05) is 12.0 Å². The highest BCUT2D eigenvalue weighted by Gasteiger charge is 2.32. The van der Waals surface area contributed by atoms with Gasteiger partial charge in [-0.05, 0) is 48.2 Å². The molecular weight excluding hydrogens is 444 g/mol. The molecule has 0 unspecified atom stereocenters. The number of aliphatic hydroxyl groups excluding tert-OH is 1. The topological polar surface area (TPSA) is 105 Å². The van der Waals surface area contributed by atoms with Crippen molar-refractivity contribution in [3.05, 3.63) is 107 Å². The molecule has 0 aliphatic rings. The summed E-state index contributed by atoms with van der Waals surface area (Å²) in [5.74, 6) is -1.87. The van der Waals surface area contributed by atoms with E-state index >= 15 is 0 Å². The summed E-state index contributed by atoms with van der Waals surface area (Å²) in [5.41, 5.74) is 3.95. The van der Waals surface area contributed by atoms with E-state index in [9.17, 15) is 19.5 Å². The quantitative estimate of drug-likeness (QED) is 0.414. The zero-order valence-electron chi connectivity index (χ0n) is 20.0. The lowest BCUT2D eigenvalue weighted by Crippen LogP contribution is -2.51. The molecule has 0 saturated carbocycles. The van der Waals surface area contributed by atoms with Gasteiger partial charge in [0.15, 0.2) is 6.10 Å². The van der Waals surface area contributed by atoms with E-state index in [0.29, 0.717) is 11.1 Å². The molecule has 3 rings (SSSR count). The molecule has 182 valence electrons. The minimum Gasteiger partial charge on any atom is -0.467 e. The zero-order chi connectivity index (χ0) is 25.4. The van der Waals surface area contributed by atoms with Gasteiger partial charge in [0.05, 0.1) is 13.2 Å². The zero-order valence-corrected chi connectivity index (χ0v) is 20.0. The Balaban J connectivity index is 1.81. The molecule has 0 heterocycles. The van der Waals surface area contributed by atoms with E-state index in [1.807, 2.05) is 32.0 Å². The lowest BCUT2D eigenvalue weighted by Gasteiger charge is -2.26. The number of aliphatic hydroxyl groups is 1. The van der Waals surface area contributed by atoms with Crippen LogP contribution in [0.5, 0.6) is 0 Å². The molecule has 3 N–H and O–H groups in total. The predicted octanol–water partition coefficient (Wildman–Crippen LogP) is 3.04. The smallest absolute Gasteiger partial charge is 0.328 e. The Hall–Kier alpha value is -3.97. The van der Waals surface area contributed by atoms with Gasteiger partial charge in [-0.3, -0.25) is 9.59 Å². The van der Waals surface area contributed by atoms with Crippen LogP contribution in [0.4, 0.5) is 0 Å². The van der Waals surface area contributed by atoms with E-state index < -0.39 is 36.0 Å². The molecule has 0 spiro atoms. The number of carbonyl (C=O) groups is 3. The molecule has 3 aromatic rings. The molecule has 35 heavy (non-hydrogen) atoms. The second kappa shape index (κ2) is 11.9. The van der Waals surface area contributed by atoms with Crippen molar-refractivity contribution in [1.29, 1.82) is 0 Å². The van der Waals surface area contributed by atoms with Crippen molar-refractivity contribution < 1.29 is 24.2 Å². The fraction of sp³-hybridized carbons (Fsp3) is 0.250. The fourth-order valence-corrected chi connectivity index (χ4v) is 3.73.